The molecule has 1 N–H and O–H groups in total. The van der Waals surface area contributed by atoms with E-state index in [9.17, 15) is 9.18 Å². The molecule has 4 rings (SSSR count). The minimum atomic E-state index is -0.409. The van der Waals surface area contributed by atoms with E-state index in [0.29, 0.717) is 11.0 Å². The van der Waals surface area contributed by atoms with Crippen molar-refractivity contribution >= 4 is 17.7 Å². The molecule has 0 aliphatic carbocycles. The van der Waals surface area contributed by atoms with Crippen LogP contribution in [-0.2, 0) is 4.79 Å². The van der Waals surface area contributed by atoms with Gasteiger partial charge in [-0.1, -0.05) is 72.4 Å². The summed E-state index contributed by atoms with van der Waals surface area (Å²) in [6.07, 6.45) is 0. The molecule has 162 valence electrons. The number of carbonyl (C=O) groups is 1. The molecule has 4 aromatic rings. The van der Waals surface area contributed by atoms with Gasteiger partial charge in [0.15, 0.2) is 11.0 Å². The van der Waals surface area contributed by atoms with Crippen LogP contribution >= 0.6 is 11.8 Å². The first-order valence-electron chi connectivity index (χ1n) is 10.3. The summed E-state index contributed by atoms with van der Waals surface area (Å²) in [4.78, 5) is 12.9. The Kier molecular flexibility index (Phi) is 6.66. The van der Waals surface area contributed by atoms with E-state index in [0.717, 1.165) is 16.8 Å². The second-order valence-corrected chi connectivity index (χ2v) is 8.69. The van der Waals surface area contributed by atoms with Gasteiger partial charge in [0.05, 0.1) is 11.3 Å². The highest BCUT2D eigenvalue weighted by Gasteiger charge is 2.23. The quantitative estimate of drug-likeness (QED) is 0.385. The average Bonchev–Trinajstić information content (AvgIpc) is 3.24. The van der Waals surface area contributed by atoms with Crippen LogP contribution in [0.4, 0.5) is 4.39 Å². The van der Waals surface area contributed by atoms with Crippen molar-refractivity contribution in [3.63, 3.8) is 0 Å². The maximum atomic E-state index is 13.2. The van der Waals surface area contributed by atoms with E-state index in [-0.39, 0.29) is 17.8 Å². The fraction of sp³-hybridized carbons (Fsp3) is 0.160. The number of amides is 1. The van der Waals surface area contributed by atoms with Crippen LogP contribution in [-0.4, -0.2) is 25.9 Å². The van der Waals surface area contributed by atoms with Gasteiger partial charge >= 0.3 is 0 Å². The molecule has 0 aliphatic heterocycles. The number of rotatable bonds is 7. The number of hydrogen-bond donors (Lipinski definition) is 1. The van der Waals surface area contributed by atoms with Gasteiger partial charge in [-0.15, -0.1) is 10.2 Å². The molecule has 3 aromatic carbocycles. The van der Waals surface area contributed by atoms with Crippen LogP contribution in [0, 0.1) is 5.82 Å². The monoisotopic (exact) mass is 446 g/mol. The van der Waals surface area contributed by atoms with Gasteiger partial charge in [0.25, 0.3) is 0 Å². The van der Waals surface area contributed by atoms with E-state index >= 15 is 0 Å². The number of para-hydroxylation sites is 1. The normalized spacial score (nSPS) is 12.8. The van der Waals surface area contributed by atoms with Gasteiger partial charge in [-0.2, -0.15) is 0 Å². The van der Waals surface area contributed by atoms with E-state index in [1.807, 2.05) is 79.1 Å². The largest absolute Gasteiger partial charge is 0.349 e. The Labute approximate surface area is 190 Å². The molecule has 1 amide bonds. The Balaban J connectivity index is 1.56. The summed E-state index contributed by atoms with van der Waals surface area (Å²) in [6, 6.07) is 25.6. The van der Waals surface area contributed by atoms with Gasteiger partial charge in [-0.25, -0.2) is 4.39 Å². The molecule has 32 heavy (non-hydrogen) atoms. The summed E-state index contributed by atoms with van der Waals surface area (Å²) in [6.45, 7) is 3.71. The summed E-state index contributed by atoms with van der Waals surface area (Å²) in [5.74, 6) is 0.285. The third kappa shape index (κ3) is 4.89. The minimum Gasteiger partial charge on any atom is -0.349 e. The number of hydrogen-bond acceptors (Lipinski definition) is 4. The van der Waals surface area contributed by atoms with Gasteiger partial charge in [0.2, 0.25) is 5.91 Å². The Morgan fingerprint density at radius 2 is 1.53 bits per heavy atom. The first kappa shape index (κ1) is 21.8. The van der Waals surface area contributed by atoms with Crippen LogP contribution in [0.15, 0.2) is 90.1 Å². The number of nitrogens with one attached hydrogen (secondary N) is 1. The smallest absolute Gasteiger partial charge is 0.233 e. The van der Waals surface area contributed by atoms with Crippen LogP contribution in [0.1, 0.15) is 25.5 Å². The SMILES string of the molecule is CC(Sc1nnc(-c2ccccc2)n1-c1ccccc1)C(=O)NC(C)c1ccc(F)cc1. The van der Waals surface area contributed by atoms with E-state index in [1.54, 1.807) is 12.1 Å². The highest BCUT2D eigenvalue weighted by Crippen LogP contribution is 2.30. The predicted octanol–water partition coefficient (Wildman–Crippen LogP) is 5.43. The fourth-order valence-corrected chi connectivity index (χ4v) is 4.18. The molecule has 0 spiro atoms. The van der Waals surface area contributed by atoms with Crippen molar-refractivity contribution < 1.29 is 9.18 Å². The zero-order valence-electron chi connectivity index (χ0n) is 17.8. The van der Waals surface area contributed by atoms with Crippen molar-refractivity contribution in [2.75, 3.05) is 0 Å². The summed E-state index contributed by atoms with van der Waals surface area (Å²) in [5, 5.41) is 12.0. The molecule has 2 atom stereocenters. The Morgan fingerprint density at radius 1 is 0.906 bits per heavy atom. The zero-order valence-corrected chi connectivity index (χ0v) is 18.6. The van der Waals surface area contributed by atoms with Crippen LogP contribution < -0.4 is 5.32 Å². The second-order valence-electron chi connectivity index (χ2n) is 7.39. The topological polar surface area (TPSA) is 59.8 Å². The van der Waals surface area contributed by atoms with Gasteiger partial charge in [-0.05, 0) is 43.7 Å². The lowest BCUT2D eigenvalue weighted by Crippen LogP contribution is -2.33. The number of carbonyl (C=O) groups excluding carboxylic acids is 1. The minimum absolute atomic E-state index is 0.129. The third-order valence-corrected chi connectivity index (χ3v) is 6.10. The molecule has 0 aliphatic rings. The van der Waals surface area contributed by atoms with Crippen LogP contribution in [0.5, 0.6) is 0 Å². The summed E-state index contributed by atoms with van der Waals surface area (Å²) < 4.78 is 15.1. The summed E-state index contributed by atoms with van der Waals surface area (Å²) >= 11 is 1.35. The highest BCUT2D eigenvalue weighted by molar-refractivity contribution is 8.00. The molecule has 7 heteroatoms. The molecular formula is C25H23FN4OS. The lowest BCUT2D eigenvalue weighted by atomic mass is 10.1. The zero-order chi connectivity index (χ0) is 22.5. The number of halogens is 1. The fourth-order valence-electron chi connectivity index (χ4n) is 3.31. The highest BCUT2D eigenvalue weighted by atomic mass is 32.2. The van der Waals surface area contributed by atoms with Crippen molar-refractivity contribution in [1.82, 2.24) is 20.1 Å². The van der Waals surface area contributed by atoms with Gasteiger partial charge < -0.3 is 5.32 Å². The molecule has 2 unspecified atom stereocenters. The predicted molar refractivity (Wildman–Crippen MR) is 125 cm³/mol. The van der Waals surface area contributed by atoms with Crippen molar-refractivity contribution in [1.29, 1.82) is 0 Å². The molecule has 5 nitrogen and oxygen atoms in total. The maximum absolute atomic E-state index is 13.2. The van der Waals surface area contributed by atoms with Gasteiger partial charge in [0, 0.05) is 11.3 Å². The van der Waals surface area contributed by atoms with Crippen molar-refractivity contribution in [3.05, 3.63) is 96.3 Å². The molecule has 0 bridgehead atoms. The van der Waals surface area contributed by atoms with Crippen LogP contribution in [0.3, 0.4) is 0 Å². The van der Waals surface area contributed by atoms with Gasteiger partial charge in [-0.3, -0.25) is 9.36 Å². The maximum Gasteiger partial charge on any atom is 0.233 e. The lowest BCUT2D eigenvalue weighted by molar-refractivity contribution is -0.120. The number of aromatic nitrogens is 3. The van der Waals surface area contributed by atoms with E-state index in [4.69, 9.17) is 0 Å². The number of benzene rings is 3. The van der Waals surface area contributed by atoms with E-state index < -0.39 is 5.25 Å². The summed E-state index contributed by atoms with van der Waals surface area (Å²) in [7, 11) is 0. The van der Waals surface area contributed by atoms with Crippen molar-refractivity contribution in [2.45, 2.75) is 30.3 Å². The van der Waals surface area contributed by atoms with Crippen molar-refractivity contribution in [3.8, 4) is 17.1 Å². The molecule has 0 fully saturated rings. The molecular weight excluding hydrogens is 423 g/mol. The Morgan fingerprint density at radius 3 is 2.19 bits per heavy atom. The molecule has 0 radical (unpaired) electrons. The second kappa shape index (κ2) is 9.78. The van der Waals surface area contributed by atoms with E-state index in [1.165, 1.54) is 23.9 Å². The number of nitrogens with zero attached hydrogens (tertiary/aromatic N) is 3. The molecule has 0 saturated heterocycles. The molecule has 0 saturated carbocycles. The molecule has 1 aromatic heterocycles. The van der Waals surface area contributed by atoms with Crippen LogP contribution in [0.25, 0.3) is 17.1 Å². The first-order chi connectivity index (χ1) is 15.5. The summed E-state index contributed by atoms with van der Waals surface area (Å²) in [5.41, 5.74) is 2.71. The van der Waals surface area contributed by atoms with E-state index in [2.05, 4.69) is 15.5 Å². The standard InChI is InChI=1S/C25H23FN4OS/c1-17(19-13-15-21(26)16-14-19)27-24(31)18(2)32-25-29-28-23(20-9-5-3-6-10-20)30(25)22-11-7-4-8-12-22/h3-18H,1-2H3,(H,27,31). The average molecular weight is 447 g/mol. The Hall–Kier alpha value is -3.45. The molecule has 1 heterocycles. The van der Waals surface area contributed by atoms with Crippen LogP contribution in [0.2, 0.25) is 0 Å². The number of thioether (sulfide) groups is 1. The van der Waals surface area contributed by atoms with Gasteiger partial charge in [0.1, 0.15) is 5.82 Å². The third-order valence-electron chi connectivity index (χ3n) is 5.06. The Bertz CT molecular complexity index is 1180. The van der Waals surface area contributed by atoms with Crippen molar-refractivity contribution in [2.24, 2.45) is 0 Å². The lowest BCUT2D eigenvalue weighted by Gasteiger charge is -2.18. The first-order valence-corrected chi connectivity index (χ1v) is 11.2.